The first-order valence-electron chi connectivity index (χ1n) is 12.0. The number of rotatable bonds is 6. The van der Waals surface area contributed by atoms with Crippen LogP contribution in [0.1, 0.15) is 40.5 Å². The average molecular weight is 536 g/mol. The second-order valence-corrected chi connectivity index (χ2v) is 11.7. The average Bonchev–Trinajstić information content (AvgIpc) is 3.13. The Bertz CT molecular complexity index is 1250. The highest BCUT2D eigenvalue weighted by atomic mass is 32.2. The van der Waals surface area contributed by atoms with Crippen LogP contribution in [0.3, 0.4) is 0 Å². The molecule has 1 aromatic heterocycles. The molecular weight excluding hydrogens is 505 g/mol. The van der Waals surface area contributed by atoms with E-state index < -0.39 is 51.6 Å². The van der Waals surface area contributed by atoms with Gasteiger partial charge in [-0.2, -0.15) is 4.31 Å². The lowest BCUT2D eigenvalue weighted by atomic mass is 10.1. The fourth-order valence-electron chi connectivity index (χ4n) is 4.60. The standard InChI is InChI=1S/C25H30FN3O7S/c1-5-34-23(30)22-20-12-8-17(29(20)24(31)36-25(2,3)4)15-28(22)37(32,33)21-13-11-19(14-27-21)35-18-9-6-16(26)7-10-18/h6-7,9-11,13-14,17,20,22H,5,8,12,15H2,1-4H3/t17-,20+,22+/m1/s1. The number of carbonyl (C=O) groups is 2. The predicted octanol–water partition coefficient (Wildman–Crippen LogP) is 3.72. The van der Waals surface area contributed by atoms with Crippen LogP contribution in [0.25, 0.3) is 0 Å². The van der Waals surface area contributed by atoms with Crippen molar-refractivity contribution in [2.24, 2.45) is 0 Å². The third-order valence-electron chi connectivity index (χ3n) is 6.08. The molecule has 12 heteroatoms. The number of fused-ring (bicyclic) bond motifs is 2. The molecule has 2 bridgehead atoms. The lowest BCUT2D eigenvalue weighted by molar-refractivity contribution is -0.151. The van der Waals surface area contributed by atoms with E-state index in [2.05, 4.69) is 4.98 Å². The Morgan fingerprint density at radius 2 is 1.76 bits per heavy atom. The molecule has 1 amide bonds. The number of benzene rings is 1. The molecule has 0 aliphatic carbocycles. The van der Waals surface area contributed by atoms with Crippen LogP contribution in [0.4, 0.5) is 9.18 Å². The topological polar surface area (TPSA) is 115 Å². The maximum absolute atomic E-state index is 13.7. The van der Waals surface area contributed by atoms with Crippen LogP contribution in [0.2, 0.25) is 0 Å². The Morgan fingerprint density at radius 3 is 2.35 bits per heavy atom. The van der Waals surface area contributed by atoms with Gasteiger partial charge in [0.2, 0.25) is 0 Å². The number of esters is 1. The molecule has 0 unspecified atom stereocenters. The second-order valence-electron chi connectivity index (χ2n) is 9.85. The van der Waals surface area contributed by atoms with Gasteiger partial charge in [0.05, 0.1) is 18.8 Å². The number of amides is 1. The zero-order chi connectivity index (χ0) is 27.0. The molecule has 4 rings (SSSR count). The Hall–Kier alpha value is -3.25. The summed E-state index contributed by atoms with van der Waals surface area (Å²) in [6, 6.07) is 5.61. The summed E-state index contributed by atoms with van der Waals surface area (Å²) in [5.74, 6) is -0.539. The molecule has 0 N–H and O–H groups in total. The monoisotopic (exact) mass is 535 g/mol. The first kappa shape index (κ1) is 26.8. The van der Waals surface area contributed by atoms with E-state index in [0.29, 0.717) is 18.6 Å². The van der Waals surface area contributed by atoms with E-state index in [4.69, 9.17) is 14.2 Å². The number of nitrogens with zero attached hydrogens (tertiary/aromatic N) is 3. The molecule has 3 atom stereocenters. The number of carbonyl (C=O) groups excluding carboxylic acids is 2. The van der Waals surface area contributed by atoms with Crippen molar-refractivity contribution < 1.29 is 36.6 Å². The van der Waals surface area contributed by atoms with Gasteiger partial charge >= 0.3 is 12.1 Å². The Kier molecular flexibility index (Phi) is 7.43. The molecular formula is C25H30FN3O7S. The van der Waals surface area contributed by atoms with Gasteiger partial charge in [-0.05, 0) is 76.9 Å². The molecule has 2 aliphatic heterocycles. The number of hydrogen-bond donors (Lipinski definition) is 0. The Labute approximate surface area is 215 Å². The molecule has 200 valence electrons. The molecule has 0 saturated carbocycles. The summed E-state index contributed by atoms with van der Waals surface area (Å²) in [6.07, 6.45) is 1.59. The van der Waals surface area contributed by atoms with E-state index in [1.165, 1.54) is 47.5 Å². The third kappa shape index (κ3) is 5.69. The highest BCUT2D eigenvalue weighted by molar-refractivity contribution is 7.89. The highest BCUT2D eigenvalue weighted by Crippen LogP contribution is 2.38. The van der Waals surface area contributed by atoms with Crippen LogP contribution >= 0.6 is 0 Å². The zero-order valence-corrected chi connectivity index (χ0v) is 21.9. The van der Waals surface area contributed by atoms with Gasteiger partial charge in [0.15, 0.2) is 5.03 Å². The molecule has 37 heavy (non-hydrogen) atoms. The largest absolute Gasteiger partial charge is 0.465 e. The summed E-state index contributed by atoms with van der Waals surface area (Å²) < 4.78 is 57.9. The maximum atomic E-state index is 13.7. The quantitative estimate of drug-likeness (QED) is 0.514. The lowest BCUT2D eigenvalue weighted by Crippen LogP contribution is -2.65. The van der Waals surface area contributed by atoms with Gasteiger partial charge < -0.3 is 14.2 Å². The van der Waals surface area contributed by atoms with Crippen molar-refractivity contribution >= 4 is 22.1 Å². The number of pyridine rings is 1. The molecule has 2 aromatic rings. The summed E-state index contributed by atoms with van der Waals surface area (Å²) in [6.45, 7) is 6.81. The number of ether oxygens (including phenoxy) is 3. The number of aromatic nitrogens is 1. The lowest BCUT2D eigenvalue weighted by Gasteiger charge is -2.44. The zero-order valence-electron chi connectivity index (χ0n) is 21.1. The minimum absolute atomic E-state index is 0.0550. The molecule has 2 saturated heterocycles. The van der Waals surface area contributed by atoms with Gasteiger partial charge in [-0.25, -0.2) is 22.6 Å². The van der Waals surface area contributed by atoms with Crippen LogP contribution in [0.15, 0.2) is 47.6 Å². The van der Waals surface area contributed by atoms with Crippen LogP contribution in [-0.2, 0) is 24.3 Å². The number of piperazine rings is 1. The van der Waals surface area contributed by atoms with Crippen molar-refractivity contribution in [2.75, 3.05) is 13.2 Å². The first-order valence-corrected chi connectivity index (χ1v) is 13.4. The molecule has 2 aliphatic rings. The van der Waals surface area contributed by atoms with Crippen LogP contribution in [0.5, 0.6) is 11.5 Å². The van der Waals surface area contributed by atoms with Crippen LogP contribution in [-0.4, -0.2) is 71.5 Å². The van der Waals surface area contributed by atoms with Gasteiger partial charge in [-0.1, -0.05) is 0 Å². The number of hydrogen-bond acceptors (Lipinski definition) is 8. The molecule has 0 spiro atoms. The molecule has 1 aromatic carbocycles. The van der Waals surface area contributed by atoms with Crippen molar-refractivity contribution in [3.63, 3.8) is 0 Å². The Morgan fingerprint density at radius 1 is 1.08 bits per heavy atom. The summed E-state index contributed by atoms with van der Waals surface area (Å²) >= 11 is 0. The van der Waals surface area contributed by atoms with Crippen molar-refractivity contribution in [3.05, 3.63) is 48.4 Å². The van der Waals surface area contributed by atoms with Crippen molar-refractivity contribution in [1.82, 2.24) is 14.2 Å². The Balaban J connectivity index is 1.60. The van der Waals surface area contributed by atoms with Gasteiger partial charge in [0.1, 0.15) is 29.0 Å². The van der Waals surface area contributed by atoms with Crippen molar-refractivity contribution in [3.8, 4) is 11.5 Å². The number of sulfonamides is 1. The van der Waals surface area contributed by atoms with E-state index in [-0.39, 0.29) is 23.9 Å². The SMILES string of the molecule is CCOC(=O)[C@@H]1[C@@H]2CC[C@H](CN1S(=O)(=O)c1ccc(Oc3ccc(F)cc3)cn1)N2C(=O)OC(C)(C)C. The van der Waals surface area contributed by atoms with Gasteiger partial charge in [0.25, 0.3) is 10.0 Å². The summed E-state index contributed by atoms with van der Waals surface area (Å²) in [7, 11) is -4.24. The smallest absolute Gasteiger partial charge is 0.410 e. The van der Waals surface area contributed by atoms with Crippen LogP contribution < -0.4 is 4.74 Å². The van der Waals surface area contributed by atoms with Gasteiger partial charge in [0, 0.05) is 12.6 Å². The van der Waals surface area contributed by atoms with E-state index in [1.807, 2.05) is 0 Å². The van der Waals surface area contributed by atoms with E-state index in [0.717, 1.165) is 4.31 Å². The summed E-state index contributed by atoms with van der Waals surface area (Å²) in [4.78, 5) is 31.5. The summed E-state index contributed by atoms with van der Waals surface area (Å²) in [5.41, 5.74) is -0.749. The fraction of sp³-hybridized carbons (Fsp3) is 0.480. The van der Waals surface area contributed by atoms with Crippen LogP contribution in [0, 0.1) is 5.82 Å². The van der Waals surface area contributed by atoms with Gasteiger partial charge in [-0.3, -0.25) is 9.69 Å². The highest BCUT2D eigenvalue weighted by Gasteiger charge is 2.56. The van der Waals surface area contributed by atoms with E-state index in [9.17, 15) is 22.4 Å². The molecule has 0 radical (unpaired) electrons. The molecule has 10 nitrogen and oxygen atoms in total. The third-order valence-corrected chi connectivity index (χ3v) is 7.84. The van der Waals surface area contributed by atoms with Crippen molar-refractivity contribution in [1.29, 1.82) is 0 Å². The van der Waals surface area contributed by atoms with Crippen molar-refractivity contribution in [2.45, 2.75) is 69.3 Å². The first-order chi connectivity index (χ1) is 17.4. The van der Waals surface area contributed by atoms with E-state index >= 15 is 0 Å². The molecule has 3 heterocycles. The minimum atomic E-state index is -4.24. The normalized spacial score (nSPS) is 22.0. The second kappa shape index (κ2) is 10.3. The summed E-state index contributed by atoms with van der Waals surface area (Å²) in [5, 5.41) is -0.279. The predicted molar refractivity (Wildman–Crippen MR) is 130 cm³/mol. The van der Waals surface area contributed by atoms with E-state index in [1.54, 1.807) is 27.7 Å². The fourth-order valence-corrected chi connectivity index (χ4v) is 6.16. The minimum Gasteiger partial charge on any atom is -0.465 e. The molecule has 2 fully saturated rings. The maximum Gasteiger partial charge on any atom is 0.410 e. The number of halogens is 1. The van der Waals surface area contributed by atoms with Gasteiger partial charge in [-0.15, -0.1) is 0 Å².